The lowest BCUT2D eigenvalue weighted by Crippen LogP contribution is -2.46. The molecule has 3 nitrogen and oxygen atoms in total. The molecule has 3 heteroatoms. The van der Waals surface area contributed by atoms with Gasteiger partial charge in [-0.05, 0) is 36.0 Å². The molecule has 1 aliphatic rings. The van der Waals surface area contributed by atoms with Gasteiger partial charge >= 0.3 is 0 Å². The van der Waals surface area contributed by atoms with Crippen LogP contribution in [0.15, 0.2) is 54.9 Å². The van der Waals surface area contributed by atoms with Gasteiger partial charge < -0.3 is 9.47 Å². The molecule has 23 heavy (non-hydrogen) atoms. The number of nitrogens with zero attached hydrogens (tertiary/aromatic N) is 2. The van der Waals surface area contributed by atoms with Crippen molar-refractivity contribution >= 4 is 5.91 Å². The molecule has 1 saturated heterocycles. The van der Waals surface area contributed by atoms with Crippen molar-refractivity contribution in [3.63, 3.8) is 0 Å². The topological polar surface area (TPSA) is 25.2 Å². The molecule has 1 amide bonds. The van der Waals surface area contributed by atoms with E-state index in [0.29, 0.717) is 11.8 Å². The minimum Gasteiger partial charge on any atom is -0.342 e. The maximum absolute atomic E-state index is 13.2. The van der Waals surface area contributed by atoms with Gasteiger partial charge in [-0.25, -0.2) is 0 Å². The Morgan fingerprint density at radius 3 is 2.26 bits per heavy atom. The molecule has 2 aromatic rings. The second kappa shape index (κ2) is 7.03. The molecule has 2 heterocycles. The fourth-order valence-corrected chi connectivity index (χ4v) is 3.77. The normalized spacial score (nSPS) is 22.8. The van der Waals surface area contributed by atoms with E-state index in [1.807, 2.05) is 42.7 Å². The highest BCUT2D eigenvalue weighted by Gasteiger charge is 2.30. The fourth-order valence-electron chi connectivity index (χ4n) is 3.77. The van der Waals surface area contributed by atoms with E-state index in [9.17, 15) is 4.79 Å². The van der Waals surface area contributed by atoms with E-state index in [1.165, 1.54) is 12.0 Å². The Labute approximate surface area is 138 Å². The summed E-state index contributed by atoms with van der Waals surface area (Å²) in [5.74, 6) is 1.43. The summed E-state index contributed by atoms with van der Waals surface area (Å²) in [7, 11) is 0. The monoisotopic (exact) mass is 310 g/mol. The Morgan fingerprint density at radius 1 is 1.04 bits per heavy atom. The standard InChI is InChI=1S/C20H26N2O/c1-16-12-17(2)15-22(14-16)20(23)19(21-10-6-7-11-21)13-18-8-4-3-5-9-18/h3-11,16-17,19H,12-15H2,1-2H3/t16-,17-,19+/m0/s1. The van der Waals surface area contributed by atoms with Crippen molar-refractivity contribution in [2.24, 2.45) is 11.8 Å². The van der Waals surface area contributed by atoms with Crippen molar-refractivity contribution in [2.75, 3.05) is 13.1 Å². The molecule has 1 aromatic carbocycles. The Balaban J connectivity index is 1.82. The van der Waals surface area contributed by atoms with Crippen molar-refractivity contribution in [3.8, 4) is 0 Å². The number of aromatic nitrogens is 1. The van der Waals surface area contributed by atoms with Gasteiger partial charge in [-0.1, -0.05) is 44.2 Å². The second-order valence-corrected chi connectivity index (χ2v) is 7.03. The average Bonchev–Trinajstić information content (AvgIpc) is 3.06. The van der Waals surface area contributed by atoms with Crippen molar-refractivity contribution < 1.29 is 4.79 Å². The van der Waals surface area contributed by atoms with E-state index in [1.54, 1.807) is 0 Å². The number of rotatable bonds is 4. The van der Waals surface area contributed by atoms with Crippen LogP contribution in [-0.2, 0) is 11.2 Å². The Kier molecular flexibility index (Phi) is 4.85. The van der Waals surface area contributed by atoms with Crippen LogP contribution in [0.2, 0.25) is 0 Å². The zero-order valence-electron chi connectivity index (χ0n) is 14.1. The van der Waals surface area contributed by atoms with Crippen LogP contribution in [0.5, 0.6) is 0 Å². The Bertz CT molecular complexity index is 610. The number of carbonyl (C=O) groups is 1. The largest absolute Gasteiger partial charge is 0.342 e. The first kappa shape index (κ1) is 15.9. The van der Waals surface area contributed by atoms with Gasteiger partial charge in [0.1, 0.15) is 6.04 Å². The summed E-state index contributed by atoms with van der Waals surface area (Å²) in [6.07, 6.45) is 5.97. The minimum atomic E-state index is -0.148. The summed E-state index contributed by atoms with van der Waals surface area (Å²) < 4.78 is 2.05. The van der Waals surface area contributed by atoms with Crippen LogP contribution in [-0.4, -0.2) is 28.5 Å². The van der Waals surface area contributed by atoms with E-state index in [4.69, 9.17) is 0 Å². The van der Waals surface area contributed by atoms with Gasteiger partial charge in [-0.3, -0.25) is 4.79 Å². The van der Waals surface area contributed by atoms with Crippen molar-refractivity contribution in [2.45, 2.75) is 32.7 Å². The molecular weight excluding hydrogens is 284 g/mol. The van der Waals surface area contributed by atoms with E-state index >= 15 is 0 Å². The Hall–Kier alpha value is -2.03. The predicted molar refractivity (Wildman–Crippen MR) is 93.1 cm³/mol. The zero-order valence-corrected chi connectivity index (χ0v) is 14.1. The third kappa shape index (κ3) is 3.84. The first-order chi connectivity index (χ1) is 11.1. The van der Waals surface area contributed by atoms with E-state index < -0.39 is 0 Å². The van der Waals surface area contributed by atoms with E-state index in [2.05, 4.69) is 35.4 Å². The van der Waals surface area contributed by atoms with Gasteiger partial charge in [-0.2, -0.15) is 0 Å². The van der Waals surface area contributed by atoms with Gasteiger partial charge in [0.05, 0.1) is 0 Å². The molecule has 0 spiro atoms. The van der Waals surface area contributed by atoms with Crippen molar-refractivity contribution in [1.82, 2.24) is 9.47 Å². The van der Waals surface area contributed by atoms with E-state index in [-0.39, 0.29) is 11.9 Å². The van der Waals surface area contributed by atoms with Gasteiger partial charge in [-0.15, -0.1) is 0 Å². The molecule has 0 unspecified atom stereocenters. The Morgan fingerprint density at radius 2 is 1.65 bits per heavy atom. The molecule has 122 valence electrons. The lowest BCUT2D eigenvalue weighted by Gasteiger charge is -2.37. The first-order valence-electron chi connectivity index (χ1n) is 8.58. The van der Waals surface area contributed by atoms with Crippen LogP contribution in [0, 0.1) is 11.8 Å². The lowest BCUT2D eigenvalue weighted by atomic mass is 9.91. The molecule has 3 atom stereocenters. The smallest absolute Gasteiger partial charge is 0.245 e. The molecule has 0 N–H and O–H groups in total. The summed E-state index contributed by atoms with van der Waals surface area (Å²) in [5, 5.41) is 0. The third-order valence-electron chi connectivity index (χ3n) is 4.72. The molecule has 1 aliphatic heterocycles. The summed E-state index contributed by atoms with van der Waals surface area (Å²) in [6.45, 7) is 6.26. The highest BCUT2D eigenvalue weighted by molar-refractivity contribution is 5.81. The molecule has 1 fully saturated rings. The minimum absolute atomic E-state index is 0.148. The fraction of sp³-hybridized carbons (Fsp3) is 0.450. The number of carbonyl (C=O) groups excluding carboxylic acids is 1. The second-order valence-electron chi connectivity index (χ2n) is 7.03. The molecule has 0 aliphatic carbocycles. The molecule has 0 saturated carbocycles. The van der Waals surface area contributed by atoms with Crippen LogP contribution in [0.1, 0.15) is 31.9 Å². The summed E-state index contributed by atoms with van der Waals surface area (Å²) in [5.41, 5.74) is 1.21. The number of benzene rings is 1. The highest BCUT2D eigenvalue weighted by Crippen LogP contribution is 2.25. The summed E-state index contributed by atoms with van der Waals surface area (Å²) in [6, 6.07) is 14.1. The summed E-state index contributed by atoms with van der Waals surface area (Å²) >= 11 is 0. The number of hydrogen-bond donors (Lipinski definition) is 0. The quantitative estimate of drug-likeness (QED) is 0.844. The van der Waals surface area contributed by atoms with Gasteiger partial charge in [0, 0.05) is 31.9 Å². The number of amides is 1. The van der Waals surface area contributed by atoms with Gasteiger partial charge in [0.2, 0.25) is 5.91 Å². The maximum Gasteiger partial charge on any atom is 0.245 e. The van der Waals surface area contributed by atoms with E-state index in [0.717, 1.165) is 19.5 Å². The summed E-state index contributed by atoms with van der Waals surface area (Å²) in [4.78, 5) is 15.3. The van der Waals surface area contributed by atoms with Crippen LogP contribution < -0.4 is 0 Å². The van der Waals surface area contributed by atoms with Gasteiger partial charge in [0.25, 0.3) is 0 Å². The number of piperidine rings is 1. The van der Waals surface area contributed by atoms with Crippen molar-refractivity contribution in [3.05, 3.63) is 60.4 Å². The average molecular weight is 310 g/mol. The van der Waals surface area contributed by atoms with Gasteiger partial charge in [0.15, 0.2) is 0 Å². The molecule has 1 aromatic heterocycles. The number of hydrogen-bond acceptors (Lipinski definition) is 1. The zero-order chi connectivity index (χ0) is 16.2. The molecular formula is C20H26N2O. The third-order valence-corrected chi connectivity index (χ3v) is 4.72. The van der Waals surface area contributed by atoms with Crippen molar-refractivity contribution in [1.29, 1.82) is 0 Å². The maximum atomic E-state index is 13.2. The molecule has 3 rings (SSSR count). The van der Waals surface area contributed by atoms with Crippen LogP contribution >= 0.6 is 0 Å². The number of likely N-dealkylation sites (tertiary alicyclic amines) is 1. The first-order valence-corrected chi connectivity index (χ1v) is 8.58. The van der Waals surface area contributed by atoms with Crippen LogP contribution in [0.4, 0.5) is 0 Å². The van der Waals surface area contributed by atoms with Crippen LogP contribution in [0.25, 0.3) is 0 Å². The SMILES string of the molecule is C[C@H]1C[C@H](C)CN(C(=O)[C@@H](Cc2ccccc2)n2cccc2)C1. The predicted octanol–water partition coefficient (Wildman–Crippen LogP) is 3.78. The lowest BCUT2D eigenvalue weighted by molar-refractivity contribution is -0.137. The van der Waals surface area contributed by atoms with Crippen LogP contribution in [0.3, 0.4) is 0 Å². The highest BCUT2D eigenvalue weighted by atomic mass is 16.2. The molecule has 0 bridgehead atoms. The molecule has 0 radical (unpaired) electrons.